The molecule has 0 saturated heterocycles. The Bertz CT molecular complexity index is 624. The molecule has 1 fully saturated rings. The largest absolute Gasteiger partial charge is 0.508 e. The van der Waals surface area contributed by atoms with Gasteiger partial charge in [-0.1, -0.05) is 12.1 Å². The van der Waals surface area contributed by atoms with Gasteiger partial charge in [0.2, 0.25) is 0 Å². The Kier molecular flexibility index (Phi) is 5.23. The minimum atomic E-state index is -2.26. The van der Waals surface area contributed by atoms with Crippen LogP contribution < -0.4 is 0 Å². The van der Waals surface area contributed by atoms with E-state index in [4.69, 9.17) is 14.9 Å². The van der Waals surface area contributed by atoms with Gasteiger partial charge in [-0.2, -0.15) is 0 Å². The van der Waals surface area contributed by atoms with Crippen LogP contribution in [0, 0.1) is 0 Å². The topological polar surface area (TPSA) is 145 Å². The van der Waals surface area contributed by atoms with Crippen LogP contribution in [0.2, 0.25) is 0 Å². The second-order valence-electron chi connectivity index (χ2n) is 5.71. The summed E-state index contributed by atoms with van der Waals surface area (Å²) in [6.07, 6.45) is -2.98. The average molecular weight is 338 g/mol. The monoisotopic (exact) mass is 338 g/mol. The van der Waals surface area contributed by atoms with Crippen LogP contribution in [0.5, 0.6) is 5.75 Å². The molecule has 24 heavy (non-hydrogen) atoms. The Hall–Kier alpha value is -2.42. The number of aliphatic hydroxyl groups excluding tert-OH is 2. The van der Waals surface area contributed by atoms with Crippen molar-refractivity contribution in [3.8, 4) is 5.75 Å². The molecule has 0 heterocycles. The maximum atomic E-state index is 11.8. The van der Waals surface area contributed by atoms with Crippen molar-refractivity contribution in [1.82, 2.24) is 0 Å². The SMILES string of the molecule is O=C(C=Cc1ccc(O)cc1)OC1[C@H](O)CC(O)(C(=O)O)C[C@@H]1O. The highest BCUT2D eigenvalue weighted by Crippen LogP contribution is 2.31. The standard InChI is InChI=1S/C16H18O8/c17-10-4-1-9(2-5-10)3-6-13(20)24-14-11(18)7-16(23,15(21)22)8-12(14)19/h1-6,11-12,14,17-19,23H,7-8H2,(H,21,22)/t11-,12+,14?,16?. The molecular weight excluding hydrogens is 320 g/mol. The van der Waals surface area contributed by atoms with E-state index in [1.807, 2.05) is 0 Å². The van der Waals surface area contributed by atoms with Gasteiger partial charge in [-0.05, 0) is 23.8 Å². The number of carbonyl (C=O) groups is 2. The molecule has 8 nitrogen and oxygen atoms in total. The molecule has 0 radical (unpaired) electrons. The van der Waals surface area contributed by atoms with E-state index >= 15 is 0 Å². The van der Waals surface area contributed by atoms with Gasteiger partial charge < -0.3 is 30.3 Å². The number of carboxylic acids is 1. The lowest BCUT2D eigenvalue weighted by molar-refractivity contribution is -0.196. The van der Waals surface area contributed by atoms with Gasteiger partial charge in [0, 0.05) is 18.9 Å². The lowest BCUT2D eigenvalue weighted by atomic mass is 9.79. The summed E-state index contributed by atoms with van der Waals surface area (Å²) >= 11 is 0. The van der Waals surface area contributed by atoms with E-state index in [0.29, 0.717) is 5.56 Å². The first kappa shape index (κ1) is 17.9. The summed E-state index contributed by atoms with van der Waals surface area (Å²) in [6, 6.07) is 6.01. The number of benzene rings is 1. The molecule has 5 N–H and O–H groups in total. The van der Waals surface area contributed by atoms with Crippen molar-refractivity contribution < 1.29 is 39.9 Å². The van der Waals surface area contributed by atoms with Gasteiger partial charge in [-0.25, -0.2) is 9.59 Å². The summed E-state index contributed by atoms with van der Waals surface area (Å²) in [6.45, 7) is 0. The number of ether oxygens (including phenoxy) is 1. The fraction of sp³-hybridized carbons (Fsp3) is 0.375. The number of hydrogen-bond donors (Lipinski definition) is 5. The Morgan fingerprint density at radius 1 is 1.12 bits per heavy atom. The number of rotatable bonds is 4. The van der Waals surface area contributed by atoms with E-state index in [1.54, 1.807) is 12.1 Å². The number of aliphatic carboxylic acids is 1. The van der Waals surface area contributed by atoms with Gasteiger partial charge in [0.1, 0.15) is 5.75 Å². The number of carboxylic acid groups (broad SMARTS) is 1. The zero-order valence-electron chi connectivity index (χ0n) is 12.6. The third-order valence-electron chi connectivity index (χ3n) is 3.81. The van der Waals surface area contributed by atoms with Crippen LogP contribution in [0.25, 0.3) is 6.08 Å². The van der Waals surface area contributed by atoms with Crippen molar-refractivity contribution in [2.45, 2.75) is 36.8 Å². The predicted molar refractivity (Wildman–Crippen MR) is 80.9 cm³/mol. The third kappa shape index (κ3) is 4.10. The lowest BCUT2D eigenvalue weighted by Gasteiger charge is -2.39. The molecule has 1 aromatic carbocycles. The van der Waals surface area contributed by atoms with Gasteiger partial charge in [-0.3, -0.25) is 0 Å². The highest BCUT2D eigenvalue weighted by molar-refractivity contribution is 5.87. The van der Waals surface area contributed by atoms with E-state index in [9.17, 15) is 24.9 Å². The van der Waals surface area contributed by atoms with E-state index in [1.165, 1.54) is 18.2 Å². The quantitative estimate of drug-likeness (QED) is 0.370. The maximum Gasteiger partial charge on any atom is 0.335 e. The summed E-state index contributed by atoms with van der Waals surface area (Å²) in [5.74, 6) is -2.32. The molecule has 8 heteroatoms. The second kappa shape index (κ2) is 7.00. The van der Waals surface area contributed by atoms with Crippen molar-refractivity contribution in [3.63, 3.8) is 0 Å². The molecule has 1 saturated carbocycles. The number of aromatic hydroxyl groups is 1. The van der Waals surface area contributed by atoms with Crippen molar-refractivity contribution >= 4 is 18.0 Å². The van der Waals surface area contributed by atoms with Crippen LogP contribution in [-0.2, 0) is 14.3 Å². The van der Waals surface area contributed by atoms with Crippen molar-refractivity contribution in [3.05, 3.63) is 35.9 Å². The second-order valence-corrected chi connectivity index (χ2v) is 5.71. The Labute approximate surface area is 137 Å². The zero-order chi connectivity index (χ0) is 17.9. The van der Waals surface area contributed by atoms with Crippen LogP contribution in [0.15, 0.2) is 30.3 Å². The minimum absolute atomic E-state index is 0.0779. The first-order valence-electron chi connectivity index (χ1n) is 7.21. The van der Waals surface area contributed by atoms with E-state index in [0.717, 1.165) is 6.08 Å². The van der Waals surface area contributed by atoms with Gasteiger partial charge in [0.05, 0.1) is 12.2 Å². The van der Waals surface area contributed by atoms with Gasteiger partial charge in [-0.15, -0.1) is 0 Å². The number of carbonyl (C=O) groups excluding carboxylic acids is 1. The number of aliphatic hydroxyl groups is 3. The average Bonchev–Trinajstić information content (AvgIpc) is 2.50. The first-order chi connectivity index (χ1) is 11.2. The fourth-order valence-electron chi connectivity index (χ4n) is 2.52. The molecule has 1 aliphatic carbocycles. The van der Waals surface area contributed by atoms with Crippen LogP contribution in [-0.4, -0.2) is 61.4 Å². The lowest BCUT2D eigenvalue weighted by Crippen LogP contribution is -2.57. The Balaban J connectivity index is 1.98. The van der Waals surface area contributed by atoms with Gasteiger partial charge >= 0.3 is 11.9 Å². The van der Waals surface area contributed by atoms with Gasteiger partial charge in [0.25, 0.3) is 0 Å². The van der Waals surface area contributed by atoms with Crippen LogP contribution in [0.1, 0.15) is 18.4 Å². The Morgan fingerprint density at radius 2 is 1.67 bits per heavy atom. The number of hydrogen-bond acceptors (Lipinski definition) is 7. The van der Waals surface area contributed by atoms with Crippen LogP contribution >= 0.6 is 0 Å². The number of esters is 1. The van der Waals surface area contributed by atoms with Crippen molar-refractivity contribution in [1.29, 1.82) is 0 Å². The molecule has 4 atom stereocenters. The summed E-state index contributed by atoms with van der Waals surface area (Å²) in [4.78, 5) is 22.7. The molecule has 1 aromatic rings. The highest BCUT2D eigenvalue weighted by Gasteiger charge is 2.50. The van der Waals surface area contributed by atoms with Crippen molar-refractivity contribution in [2.75, 3.05) is 0 Å². The summed E-state index contributed by atoms with van der Waals surface area (Å²) in [5.41, 5.74) is -1.64. The molecule has 130 valence electrons. The van der Waals surface area contributed by atoms with E-state index < -0.39 is 48.7 Å². The van der Waals surface area contributed by atoms with Gasteiger partial charge in [0.15, 0.2) is 11.7 Å². The normalized spacial score (nSPS) is 30.2. The van der Waals surface area contributed by atoms with Crippen molar-refractivity contribution in [2.24, 2.45) is 0 Å². The minimum Gasteiger partial charge on any atom is -0.508 e. The molecule has 0 aliphatic heterocycles. The maximum absolute atomic E-state index is 11.8. The molecular formula is C16H18O8. The zero-order valence-corrected chi connectivity index (χ0v) is 12.6. The fourth-order valence-corrected chi connectivity index (χ4v) is 2.52. The molecule has 0 bridgehead atoms. The molecule has 0 amide bonds. The smallest absolute Gasteiger partial charge is 0.335 e. The molecule has 1 aliphatic rings. The molecule has 2 rings (SSSR count). The highest BCUT2D eigenvalue weighted by atomic mass is 16.6. The third-order valence-corrected chi connectivity index (χ3v) is 3.81. The predicted octanol–water partition coefficient (Wildman–Crippen LogP) is -0.352. The molecule has 0 spiro atoms. The Morgan fingerprint density at radius 3 is 2.17 bits per heavy atom. The number of phenols is 1. The van der Waals surface area contributed by atoms with Crippen LogP contribution in [0.3, 0.4) is 0 Å². The summed E-state index contributed by atoms with van der Waals surface area (Å²) in [7, 11) is 0. The molecule has 0 aromatic heterocycles. The van der Waals surface area contributed by atoms with E-state index in [2.05, 4.69) is 0 Å². The number of phenolic OH excluding ortho intramolecular Hbond substituents is 1. The molecule has 2 unspecified atom stereocenters. The van der Waals surface area contributed by atoms with Crippen LogP contribution in [0.4, 0.5) is 0 Å². The van der Waals surface area contributed by atoms with E-state index in [-0.39, 0.29) is 5.75 Å². The summed E-state index contributed by atoms with van der Waals surface area (Å²) in [5, 5.41) is 47.7. The summed E-state index contributed by atoms with van der Waals surface area (Å²) < 4.78 is 4.96. The first-order valence-corrected chi connectivity index (χ1v) is 7.21.